The molecule has 1 aromatic carbocycles. The number of nitrogens with zero attached hydrogens (tertiary/aromatic N) is 1. The van der Waals surface area contributed by atoms with E-state index in [1.807, 2.05) is 0 Å². The summed E-state index contributed by atoms with van der Waals surface area (Å²) >= 11 is 0. The van der Waals surface area contributed by atoms with Crippen molar-refractivity contribution in [3.63, 3.8) is 0 Å². The first-order valence-corrected chi connectivity index (χ1v) is 9.56. The second-order valence-electron chi connectivity index (χ2n) is 6.18. The zero-order chi connectivity index (χ0) is 17.3. The average molecular weight is 352 g/mol. The summed E-state index contributed by atoms with van der Waals surface area (Å²) < 4.78 is 30.6. The highest BCUT2D eigenvalue weighted by molar-refractivity contribution is 7.94. The minimum absolute atomic E-state index is 0.0264. The second kappa shape index (κ2) is 6.52. The van der Waals surface area contributed by atoms with E-state index in [1.54, 1.807) is 19.1 Å². The highest BCUT2D eigenvalue weighted by atomic mass is 32.2. The minimum Gasteiger partial charge on any atom is -0.376 e. The van der Waals surface area contributed by atoms with Crippen LogP contribution >= 0.6 is 0 Å². The van der Waals surface area contributed by atoms with Crippen molar-refractivity contribution in [3.05, 3.63) is 29.8 Å². The van der Waals surface area contributed by atoms with Crippen molar-refractivity contribution in [2.45, 2.75) is 25.9 Å². The maximum Gasteiger partial charge on any atom is 0.251 e. The average Bonchev–Trinajstić information content (AvgIpc) is 3.11. The molecule has 0 bridgehead atoms. The largest absolute Gasteiger partial charge is 0.376 e. The van der Waals surface area contributed by atoms with Gasteiger partial charge in [0, 0.05) is 18.7 Å². The predicted octanol–water partition coefficient (Wildman–Crippen LogP) is 0.908. The van der Waals surface area contributed by atoms with Crippen LogP contribution in [0.4, 0.5) is 5.69 Å². The highest BCUT2D eigenvalue weighted by Gasteiger charge is 2.42. The fourth-order valence-corrected chi connectivity index (χ4v) is 4.79. The molecular formula is C16H20N2O5S. The van der Waals surface area contributed by atoms with E-state index in [9.17, 15) is 18.0 Å². The molecule has 130 valence electrons. The molecule has 0 radical (unpaired) electrons. The van der Waals surface area contributed by atoms with Crippen molar-refractivity contribution in [2.24, 2.45) is 5.92 Å². The first kappa shape index (κ1) is 16.9. The molecule has 7 nitrogen and oxygen atoms in total. The third kappa shape index (κ3) is 3.29. The predicted molar refractivity (Wildman–Crippen MR) is 88.2 cm³/mol. The number of hydrogen-bond acceptors (Lipinski definition) is 5. The van der Waals surface area contributed by atoms with E-state index in [0.29, 0.717) is 18.7 Å². The van der Waals surface area contributed by atoms with Crippen LogP contribution in [0, 0.1) is 5.92 Å². The van der Waals surface area contributed by atoms with Gasteiger partial charge in [0.25, 0.3) is 5.91 Å². The molecule has 2 atom stereocenters. The number of ether oxygens (including phenoxy) is 1. The molecule has 0 aromatic heterocycles. The van der Waals surface area contributed by atoms with E-state index in [2.05, 4.69) is 5.32 Å². The van der Waals surface area contributed by atoms with E-state index >= 15 is 0 Å². The number of sulfonamides is 1. The molecule has 2 saturated heterocycles. The lowest BCUT2D eigenvalue weighted by Gasteiger charge is -2.16. The van der Waals surface area contributed by atoms with E-state index in [0.717, 1.165) is 17.1 Å². The van der Waals surface area contributed by atoms with Gasteiger partial charge in [-0.2, -0.15) is 0 Å². The van der Waals surface area contributed by atoms with Crippen LogP contribution in [0.1, 0.15) is 30.1 Å². The lowest BCUT2D eigenvalue weighted by molar-refractivity contribution is -0.119. The fourth-order valence-electron chi connectivity index (χ4n) is 2.97. The Labute approximate surface area is 141 Å². The van der Waals surface area contributed by atoms with Gasteiger partial charge in [-0.25, -0.2) is 12.7 Å². The summed E-state index contributed by atoms with van der Waals surface area (Å²) in [5.41, 5.74) is 0.516. The summed E-state index contributed by atoms with van der Waals surface area (Å²) in [6, 6.07) is 6.11. The number of carbonyl (C=O) groups is 2. The number of anilines is 1. The van der Waals surface area contributed by atoms with Gasteiger partial charge in [0.05, 0.1) is 23.5 Å². The molecule has 3 rings (SSSR count). The van der Waals surface area contributed by atoms with Crippen molar-refractivity contribution in [1.29, 1.82) is 0 Å². The molecule has 2 amide bonds. The second-order valence-corrected chi connectivity index (χ2v) is 8.04. The summed E-state index contributed by atoms with van der Waals surface area (Å²) in [7, 11) is -3.67. The summed E-state index contributed by atoms with van der Waals surface area (Å²) in [6.45, 7) is 2.71. The molecule has 1 aromatic rings. The SMILES string of the molecule is C[C@@H]1CS(=O)(=O)N(c2cccc(C(=O)NC[C@H]3CCCO3)c2)C1=O. The Morgan fingerprint density at radius 1 is 1.42 bits per heavy atom. The van der Waals surface area contributed by atoms with Crippen molar-refractivity contribution < 1.29 is 22.7 Å². The van der Waals surface area contributed by atoms with Gasteiger partial charge in [-0.1, -0.05) is 13.0 Å². The Hall–Kier alpha value is -1.93. The normalized spacial score (nSPS) is 25.9. The summed E-state index contributed by atoms with van der Waals surface area (Å²) in [4.78, 5) is 24.4. The number of amides is 2. The van der Waals surface area contributed by atoms with Gasteiger partial charge in [0.2, 0.25) is 15.9 Å². The van der Waals surface area contributed by atoms with Crippen LogP contribution in [0.3, 0.4) is 0 Å². The van der Waals surface area contributed by atoms with Gasteiger partial charge in [0.15, 0.2) is 0 Å². The molecule has 1 N–H and O–H groups in total. The van der Waals surface area contributed by atoms with Crippen molar-refractivity contribution >= 4 is 27.5 Å². The van der Waals surface area contributed by atoms with E-state index in [-0.39, 0.29) is 23.5 Å². The van der Waals surface area contributed by atoms with Crippen LogP contribution in [0.2, 0.25) is 0 Å². The summed E-state index contributed by atoms with van der Waals surface area (Å²) in [5, 5.41) is 2.78. The van der Waals surface area contributed by atoms with Crippen LogP contribution in [-0.2, 0) is 19.6 Å². The van der Waals surface area contributed by atoms with Gasteiger partial charge >= 0.3 is 0 Å². The van der Waals surface area contributed by atoms with E-state index in [1.165, 1.54) is 12.1 Å². The van der Waals surface area contributed by atoms with Gasteiger partial charge in [-0.3, -0.25) is 9.59 Å². The topological polar surface area (TPSA) is 92.8 Å². The van der Waals surface area contributed by atoms with E-state index in [4.69, 9.17) is 4.74 Å². The molecular weight excluding hydrogens is 332 g/mol. The Bertz CT molecular complexity index is 755. The van der Waals surface area contributed by atoms with Gasteiger partial charge in [-0.15, -0.1) is 0 Å². The zero-order valence-corrected chi connectivity index (χ0v) is 14.2. The Balaban J connectivity index is 1.76. The monoisotopic (exact) mass is 352 g/mol. The Morgan fingerprint density at radius 3 is 2.83 bits per heavy atom. The molecule has 0 unspecified atom stereocenters. The number of rotatable bonds is 4. The molecule has 0 aliphatic carbocycles. The molecule has 2 aliphatic rings. The Morgan fingerprint density at radius 2 is 2.21 bits per heavy atom. The first-order chi connectivity index (χ1) is 11.4. The van der Waals surface area contributed by atoms with Crippen LogP contribution in [-0.4, -0.2) is 45.2 Å². The standard InChI is InChI=1S/C16H20N2O5S/c1-11-10-24(21,22)18(16(11)20)13-5-2-4-12(8-13)15(19)17-9-14-6-3-7-23-14/h2,4-5,8,11,14H,3,6-7,9-10H2,1H3,(H,17,19)/t11-,14-/m1/s1. The fraction of sp³-hybridized carbons (Fsp3) is 0.500. The van der Waals surface area contributed by atoms with Gasteiger partial charge in [0.1, 0.15) is 0 Å². The third-order valence-corrected chi connectivity index (χ3v) is 6.09. The van der Waals surface area contributed by atoms with Crippen LogP contribution < -0.4 is 9.62 Å². The molecule has 2 fully saturated rings. The number of nitrogens with one attached hydrogen (secondary N) is 1. The lowest BCUT2D eigenvalue weighted by Crippen LogP contribution is -2.33. The molecule has 2 heterocycles. The van der Waals surface area contributed by atoms with Gasteiger partial charge < -0.3 is 10.1 Å². The molecule has 0 saturated carbocycles. The maximum atomic E-state index is 12.3. The lowest BCUT2D eigenvalue weighted by atomic mass is 10.1. The van der Waals surface area contributed by atoms with Crippen molar-refractivity contribution in [3.8, 4) is 0 Å². The summed E-state index contributed by atoms with van der Waals surface area (Å²) in [5.74, 6) is -1.57. The van der Waals surface area contributed by atoms with Crippen LogP contribution in [0.5, 0.6) is 0 Å². The van der Waals surface area contributed by atoms with Gasteiger partial charge in [-0.05, 0) is 31.0 Å². The first-order valence-electron chi connectivity index (χ1n) is 7.95. The molecule has 0 spiro atoms. The highest BCUT2D eigenvalue weighted by Crippen LogP contribution is 2.28. The van der Waals surface area contributed by atoms with Crippen LogP contribution in [0.15, 0.2) is 24.3 Å². The number of benzene rings is 1. The van der Waals surface area contributed by atoms with E-state index < -0.39 is 21.8 Å². The molecule has 8 heteroatoms. The van der Waals surface area contributed by atoms with Crippen molar-refractivity contribution in [1.82, 2.24) is 5.32 Å². The smallest absolute Gasteiger partial charge is 0.251 e. The zero-order valence-electron chi connectivity index (χ0n) is 13.4. The summed E-state index contributed by atoms with van der Waals surface area (Å²) in [6.07, 6.45) is 1.93. The maximum absolute atomic E-state index is 12.3. The number of hydrogen-bond donors (Lipinski definition) is 1. The third-order valence-electron chi connectivity index (χ3n) is 4.22. The van der Waals surface area contributed by atoms with Crippen molar-refractivity contribution in [2.75, 3.05) is 23.2 Å². The molecule has 24 heavy (non-hydrogen) atoms. The molecule has 2 aliphatic heterocycles. The minimum atomic E-state index is -3.67. The number of carbonyl (C=O) groups excluding carboxylic acids is 2. The Kier molecular flexibility index (Phi) is 4.60. The quantitative estimate of drug-likeness (QED) is 0.869. The van der Waals surface area contributed by atoms with Crippen LogP contribution in [0.25, 0.3) is 0 Å².